The fourth-order valence-electron chi connectivity index (χ4n) is 2.40. The molecule has 18 heavy (non-hydrogen) atoms. The molecule has 2 aliphatic rings. The Balaban J connectivity index is 1.57. The fourth-order valence-corrected chi connectivity index (χ4v) is 3.26. The Labute approximate surface area is 112 Å². The number of nitrogens with zero attached hydrogens (tertiary/aromatic N) is 4. The molecule has 2 aliphatic heterocycles. The van der Waals surface area contributed by atoms with Crippen molar-refractivity contribution in [1.82, 2.24) is 19.6 Å². The minimum absolute atomic E-state index is 0.428. The van der Waals surface area contributed by atoms with E-state index in [2.05, 4.69) is 38.3 Å². The maximum atomic E-state index is 4.64. The molecule has 0 radical (unpaired) electrons. The van der Waals surface area contributed by atoms with Crippen LogP contribution in [0, 0.1) is 0 Å². The normalized spacial score (nSPS) is 22.5. The topological polar surface area (TPSA) is 44.3 Å². The predicted octanol–water partition coefficient (Wildman–Crippen LogP) is 0.755. The number of aromatic nitrogens is 2. The molecule has 5 nitrogen and oxygen atoms in total. The van der Waals surface area contributed by atoms with E-state index in [1.54, 1.807) is 11.5 Å². The Morgan fingerprint density at radius 1 is 1.22 bits per heavy atom. The molecule has 0 amide bonds. The second-order valence-electron chi connectivity index (χ2n) is 5.42. The highest BCUT2D eigenvalue weighted by molar-refractivity contribution is 7.09. The standard InChI is InChI=1S/C12H21N5S/c1-9(2)11-14-12(18-15-11)17-5-3-16(4-6-17)10-7-13-8-10/h9-10,13H,3-8H2,1-2H3. The molecule has 3 rings (SSSR count). The van der Waals surface area contributed by atoms with E-state index in [4.69, 9.17) is 0 Å². The summed E-state index contributed by atoms with van der Waals surface area (Å²) in [7, 11) is 0. The second kappa shape index (κ2) is 5.11. The van der Waals surface area contributed by atoms with Gasteiger partial charge in [-0.2, -0.15) is 4.37 Å². The third-order valence-corrected chi connectivity index (χ3v) is 4.60. The fraction of sp³-hybridized carbons (Fsp3) is 0.833. The van der Waals surface area contributed by atoms with Crippen LogP contribution < -0.4 is 10.2 Å². The monoisotopic (exact) mass is 267 g/mol. The summed E-state index contributed by atoms with van der Waals surface area (Å²) in [6.45, 7) is 11.1. The van der Waals surface area contributed by atoms with Gasteiger partial charge in [0, 0.05) is 62.8 Å². The van der Waals surface area contributed by atoms with E-state index in [1.807, 2.05) is 0 Å². The molecule has 3 heterocycles. The van der Waals surface area contributed by atoms with E-state index < -0.39 is 0 Å². The first-order valence-electron chi connectivity index (χ1n) is 6.77. The third kappa shape index (κ3) is 2.37. The Hall–Kier alpha value is -0.720. The molecular formula is C12H21N5S. The van der Waals surface area contributed by atoms with E-state index in [1.165, 1.54) is 0 Å². The van der Waals surface area contributed by atoms with Crippen molar-refractivity contribution in [2.75, 3.05) is 44.2 Å². The van der Waals surface area contributed by atoms with E-state index in [-0.39, 0.29) is 0 Å². The second-order valence-corrected chi connectivity index (χ2v) is 6.16. The maximum Gasteiger partial charge on any atom is 0.205 e. The van der Waals surface area contributed by atoms with E-state index in [9.17, 15) is 0 Å². The molecular weight excluding hydrogens is 246 g/mol. The van der Waals surface area contributed by atoms with E-state index >= 15 is 0 Å². The smallest absolute Gasteiger partial charge is 0.205 e. The molecule has 0 aromatic carbocycles. The molecule has 2 fully saturated rings. The van der Waals surface area contributed by atoms with Crippen molar-refractivity contribution in [3.8, 4) is 0 Å². The van der Waals surface area contributed by atoms with Gasteiger partial charge in [-0.1, -0.05) is 13.8 Å². The van der Waals surface area contributed by atoms with Crippen LogP contribution >= 0.6 is 11.5 Å². The number of rotatable bonds is 3. The average Bonchev–Trinajstić information content (AvgIpc) is 2.77. The first-order chi connectivity index (χ1) is 8.74. The Morgan fingerprint density at radius 3 is 2.44 bits per heavy atom. The Kier molecular flexibility index (Phi) is 3.50. The molecule has 0 saturated carbocycles. The highest BCUT2D eigenvalue weighted by atomic mass is 32.1. The van der Waals surface area contributed by atoms with Gasteiger partial charge < -0.3 is 10.2 Å². The van der Waals surface area contributed by atoms with Gasteiger partial charge >= 0.3 is 0 Å². The number of hydrogen-bond donors (Lipinski definition) is 1. The van der Waals surface area contributed by atoms with E-state index in [0.29, 0.717) is 5.92 Å². The molecule has 100 valence electrons. The molecule has 0 spiro atoms. The van der Waals surface area contributed by atoms with Gasteiger partial charge in [-0.3, -0.25) is 4.90 Å². The van der Waals surface area contributed by atoms with Crippen LogP contribution in [0.4, 0.5) is 5.13 Å². The number of hydrogen-bond acceptors (Lipinski definition) is 6. The van der Waals surface area contributed by atoms with Crippen LogP contribution in [0.25, 0.3) is 0 Å². The summed E-state index contributed by atoms with van der Waals surface area (Å²) in [5.41, 5.74) is 0. The summed E-state index contributed by atoms with van der Waals surface area (Å²) < 4.78 is 4.44. The van der Waals surface area contributed by atoms with Crippen LogP contribution in [0.3, 0.4) is 0 Å². The number of nitrogens with one attached hydrogen (secondary N) is 1. The molecule has 1 aromatic heterocycles. The van der Waals surface area contributed by atoms with Crippen molar-refractivity contribution >= 4 is 16.7 Å². The lowest BCUT2D eigenvalue weighted by molar-refractivity contribution is 0.138. The molecule has 0 aliphatic carbocycles. The van der Waals surface area contributed by atoms with Gasteiger partial charge in [-0.15, -0.1) is 0 Å². The summed E-state index contributed by atoms with van der Waals surface area (Å²) in [6, 6.07) is 0.771. The summed E-state index contributed by atoms with van der Waals surface area (Å²) in [4.78, 5) is 9.62. The summed E-state index contributed by atoms with van der Waals surface area (Å²) >= 11 is 1.55. The van der Waals surface area contributed by atoms with Crippen molar-refractivity contribution in [2.45, 2.75) is 25.8 Å². The van der Waals surface area contributed by atoms with Crippen LogP contribution in [0.1, 0.15) is 25.6 Å². The van der Waals surface area contributed by atoms with Crippen LogP contribution in [0.15, 0.2) is 0 Å². The Bertz CT molecular complexity index is 393. The minimum Gasteiger partial charge on any atom is -0.344 e. The van der Waals surface area contributed by atoms with Gasteiger partial charge in [-0.05, 0) is 0 Å². The summed E-state index contributed by atoms with van der Waals surface area (Å²) in [5.74, 6) is 1.41. The van der Waals surface area contributed by atoms with Crippen LogP contribution in [-0.2, 0) is 0 Å². The van der Waals surface area contributed by atoms with E-state index in [0.717, 1.165) is 56.3 Å². The summed E-state index contributed by atoms with van der Waals surface area (Å²) in [6.07, 6.45) is 0. The molecule has 2 saturated heterocycles. The van der Waals surface area contributed by atoms with Crippen LogP contribution in [-0.4, -0.2) is 59.6 Å². The average molecular weight is 267 g/mol. The van der Waals surface area contributed by atoms with Crippen molar-refractivity contribution < 1.29 is 0 Å². The van der Waals surface area contributed by atoms with Gasteiger partial charge in [0.2, 0.25) is 5.13 Å². The number of anilines is 1. The van der Waals surface area contributed by atoms with Gasteiger partial charge in [-0.25, -0.2) is 4.98 Å². The predicted molar refractivity (Wildman–Crippen MR) is 74.4 cm³/mol. The number of piperazine rings is 1. The SMILES string of the molecule is CC(C)c1nsc(N2CCN(C3CNC3)CC2)n1. The van der Waals surface area contributed by atoms with Crippen molar-refractivity contribution in [3.63, 3.8) is 0 Å². The van der Waals surface area contributed by atoms with Gasteiger partial charge in [0.15, 0.2) is 0 Å². The van der Waals surface area contributed by atoms with Crippen LogP contribution in [0.2, 0.25) is 0 Å². The highest BCUT2D eigenvalue weighted by Gasteiger charge is 2.28. The molecule has 0 bridgehead atoms. The van der Waals surface area contributed by atoms with Crippen molar-refractivity contribution in [2.24, 2.45) is 0 Å². The maximum absolute atomic E-state index is 4.64. The highest BCUT2D eigenvalue weighted by Crippen LogP contribution is 2.23. The Morgan fingerprint density at radius 2 is 1.94 bits per heavy atom. The van der Waals surface area contributed by atoms with Gasteiger partial charge in [0.25, 0.3) is 0 Å². The van der Waals surface area contributed by atoms with Crippen molar-refractivity contribution in [1.29, 1.82) is 0 Å². The molecule has 0 unspecified atom stereocenters. The molecule has 6 heteroatoms. The third-order valence-electron chi connectivity index (χ3n) is 3.81. The molecule has 0 atom stereocenters. The zero-order valence-corrected chi connectivity index (χ0v) is 11.9. The van der Waals surface area contributed by atoms with Crippen LogP contribution in [0.5, 0.6) is 0 Å². The zero-order chi connectivity index (χ0) is 12.5. The lowest BCUT2D eigenvalue weighted by atomic mass is 10.1. The zero-order valence-electron chi connectivity index (χ0n) is 11.1. The van der Waals surface area contributed by atoms with Gasteiger partial charge in [0.1, 0.15) is 5.82 Å². The minimum atomic E-state index is 0.428. The first kappa shape index (κ1) is 12.3. The quantitative estimate of drug-likeness (QED) is 0.876. The summed E-state index contributed by atoms with van der Waals surface area (Å²) in [5, 5.41) is 4.44. The lowest BCUT2D eigenvalue weighted by Gasteiger charge is -2.43. The lowest BCUT2D eigenvalue weighted by Crippen LogP contribution is -2.61. The molecule has 1 N–H and O–H groups in total. The molecule has 1 aromatic rings. The largest absolute Gasteiger partial charge is 0.344 e. The van der Waals surface area contributed by atoms with Crippen molar-refractivity contribution in [3.05, 3.63) is 5.82 Å². The first-order valence-corrected chi connectivity index (χ1v) is 7.54. The van der Waals surface area contributed by atoms with Gasteiger partial charge in [0.05, 0.1) is 0 Å².